The molecular weight excluding hydrogens is 508 g/mol. The Morgan fingerprint density at radius 1 is 0.775 bits per heavy atom. The number of esters is 1. The summed E-state index contributed by atoms with van der Waals surface area (Å²) in [7, 11) is 1.48. The maximum Gasteiger partial charge on any atom is 0.343 e. The third-order valence-electron chi connectivity index (χ3n) is 7.13. The first-order chi connectivity index (χ1) is 19.5. The molecule has 2 aliphatic rings. The van der Waals surface area contributed by atoms with Crippen LogP contribution in [0.5, 0.6) is 11.5 Å². The van der Waals surface area contributed by atoms with E-state index in [1.807, 2.05) is 55.5 Å². The maximum atomic E-state index is 13.9. The zero-order valence-corrected chi connectivity index (χ0v) is 21.9. The van der Waals surface area contributed by atoms with Crippen LogP contribution in [0.3, 0.4) is 0 Å². The van der Waals surface area contributed by atoms with Gasteiger partial charge >= 0.3 is 5.97 Å². The van der Waals surface area contributed by atoms with Crippen LogP contribution in [-0.2, 0) is 14.4 Å². The summed E-state index contributed by atoms with van der Waals surface area (Å²) in [6.07, 6.45) is -1.00. The fourth-order valence-electron chi connectivity index (χ4n) is 5.26. The molecule has 3 atom stereocenters. The number of fused-ring (bicyclic) bond motifs is 1. The monoisotopic (exact) mass is 534 g/mol. The molecule has 2 amide bonds. The lowest BCUT2D eigenvalue weighted by Gasteiger charge is -2.29. The van der Waals surface area contributed by atoms with Crippen LogP contribution in [0, 0.1) is 12.8 Å². The average Bonchev–Trinajstić information content (AvgIpc) is 3.49. The van der Waals surface area contributed by atoms with Crippen molar-refractivity contribution in [2.75, 3.05) is 17.1 Å². The smallest absolute Gasteiger partial charge is 0.343 e. The minimum atomic E-state index is -1.00. The van der Waals surface area contributed by atoms with Gasteiger partial charge in [0.2, 0.25) is 5.91 Å². The molecule has 2 aliphatic heterocycles. The van der Waals surface area contributed by atoms with Crippen LogP contribution >= 0.6 is 0 Å². The van der Waals surface area contributed by atoms with Gasteiger partial charge in [-0.2, -0.15) is 0 Å². The Kier molecular flexibility index (Phi) is 6.53. The molecule has 8 nitrogen and oxygen atoms in total. The van der Waals surface area contributed by atoms with Gasteiger partial charge < -0.3 is 9.47 Å². The largest absolute Gasteiger partial charge is 0.493 e. The molecule has 6 rings (SSSR count). The number of nitrogens with zero attached hydrogens (tertiary/aromatic N) is 2. The SMILES string of the molecule is COc1cc([C@@H]2[C@H]3C(=O)N(c4cccc(C)c4)C(=O)[C@@H]3ON2c2ccccc2)ccc1OC(=O)c1ccccc1. The maximum absolute atomic E-state index is 13.9. The van der Waals surface area contributed by atoms with Gasteiger partial charge in [-0.25, -0.2) is 14.8 Å². The van der Waals surface area contributed by atoms with Crippen molar-refractivity contribution in [1.82, 2.24) is 0 Å². The molecule has 2 heterocycles. The van der Waals surface area contributed by atoms with E-state index in [2.05, 4.69) is 0 Å². The Balaban J connectivity index is 1.38. The van der Waals surface area contributed by atoms with Crippen molar-refractivity contribution in [2.24, 2.45) is 5.92 Å². The number of hydroxylamine groups is 1. The van der Waals surface area contributed by atoms with Crippen LogP contribution in [0.1, 0.15) is 27.5 Å². The van der Waals surface area contributed by atoms with Crippen molar-refractivity contribution in [3.63, 3.8) is 0 Å². The predicted octanol–water partition coefficient (Wildman–Crippen LogP) is 5.27. The number of methoxy groups -OCH3 is 1. The van der Waals surface area contributed by atoms with Gasteiger partial charge in [0.25, 0.3) is 5.91 Å². The Bertz CT molecular complexity index is 1590. The fourth-order valence-corrected chi connectivity index (χ4v) is 5.26. The zero-order chi connectivity index (χ0) is 27.8. The Hall–Kier alpha value is -4.95. The Morgan fingerprint density at radius 2 is 1.48 bits per heavy atom. The highest BCUT2D eigenvalue weighted by atomic mass is 16.7. The summed E-state index contributed by atoms with van der Waals surface area (Å²) in [6.45, 7) is 1.91. The highest BCUT2D eigenvalue weighted by Gasteiger charge is 2.60. The van der Waals surface area contributed by atoms with E-state index in [1.165, 1.54) is 12.0 Å². The minimum absolute atomic E-state index is 0.233. The van der Waals surface area contributed by atoms with Gasteiger partial charge in [0.15, 0.2) is 17.6 Å². The Morgan fingerprint density at radius 3 is 2.17 bits per heavy atom. The quantitative estimate of drug-likeness (QED) is 0.189. The van der Waals surface area contributed by atoms with Crippen molar-refractivity contribution >= 4 is 29.2 Å². The van der Waals surface area contributed by atoms with Crippen molar-refractivity contribution < 1.29 is 28.7 Å². The lowest BCUT2D eigenvalue weighted by molar-refractivity contribution is -0.126. The molecule has 2 saturated heterocycles. The summed E-state index contributed by atoms with van der Waals surface area (Å²) in [5, 5.41) is 1.61. The second-order valence-corrected chi connectivity index (χ2v) is 9.67. The van der Waals surface area contributed by atoms with E-state index in [-0.39, 0.29) is 11.7 Å². The lowest BCUT2D eigenvalue weighted by atomic mass is 9.90. The lowest BCUT2D eigenvalue weighted by Crippen LogP contribution is -2.37. The molecule has 0 radical (unpaired) electrons. The number of rotatable bonds is 6. The zero-order valence-electron chi connectivity index (χ0n) is 21.9. The summed E-state index contributed by atoms with van der Waals surface area (Å²) in [5.74, 6) is -1.54. The number of imide groups is 1. The van der Waals surface area contributed by atoms with Gasteiger partial charge in [0.1, 0.15) is 5.92 Å². The fraction of sp³-hybridized carbons (Fsp3) is 0.156. The first kappa shape index (κ1) is 25.3. The van der Waals surface area contributed by atoms with Crippen molar-refractivity contribution in [2.45, 2.75) is 19.1 Å². The highest BCUT2D eigenvalue weighted by Crippen LogP contribution is 2.48. The van der Waals surface area contributed by atoms with Crippen LogP contribution in [0.2, 0.25) is 0 Å². The normalized spacial score (nSPS) is 20.0. The van der Waals surface area contributed by atoms with E-state index in [0.717, 1.165) is 5.56 Å². The van der Waals surface area contributed by atoms with Gasteiger partial charge in [0, 0.05) is 0 Å². The van der Waals surface area contributed by atoms with E-state index >= 15 is 0 Å². The van der Waals surface area contributed by atoms with E-state index in [1.54, 1.807) is 59.7 Å². The topological polar surface area (TPSA) is 85.4 Å². The van der Waals surface area contributed by atoms with E-state index in [4.69, 9.17) is 14.3 Å². The first-order valence-electron chi connectivity index (χ1n) is 12.9. The van der Waals surface area contributed by atoms with Crippen molar-refractivity contribution in [3.8, 4) is 11.5 Å². The molecule has 0 saturated carbocycles. The third kappa shape index (κ3) is 4.38. The molecule has 200 valence electrons. The molecule has 0 bridgehead atoms. The third-order valence-corrected chi connectivity index (χ3v) is 7.13. The molecule has 0 aromatic heterocycles. The van der Waals surface area contributed by atoms with Gasteiger partial charge in [0.05, 0.1) is 30.1 Å². The number of ether oxygens (including phenoxy) is 2. The summed E-state index contributed by atoms with van der Waals surface area (Å²) < 4.78 is 11.2. The summed E-state index contributed by atoms with van der Waals surface area (Å²) in [6, 6.07) is 29.7. The molecule has 4 aromatic carbocycles. The predicted molar refractivity (Wildman–Crippen MR) is 148 cm³/mol. The molecule has 0 aliphatic carbocycles. The second kappa shape index (κ2) is 10.3. The number of amides is 2. The number of hydrogen-bond donors (Lipinski definition) is 0. The van der Waals surface area contributed by atoms with Gasteiger partial charge in [-0.15, -0.1) is 0 Å². The van der Waals surface area contributed by atoms with E-state index in [0.29, 0.717) is 28.3 Å². The van der Waals surface area contributed by atoms with Gasteiger partial charge in [-0.1, -0.05) is 54.6 Å². The molecule has 0 unspecified atom stereocenters. The van der Waals surface area contributed by atoms with Gasteiger partial charge in [-0.05, 0) is 66.6 Å². The van der Waals surface area contributed by atoms with Crippen LogP contribution in [0.4, 0.5) is 11.4 Å². The average molecular weight is 535 g/mol. The Labute approximate surface area is 231 Å². The molecule has 0 spiro atoms. The van der Waals surface area contributed by atoms with Crippen molar-refractivity contribution in [3.05, 3.63) is 120 Å². The van der Waals surface area contributed by atoms with Crippen molar-refractivity contribution in [1.29, 1.82) is 0 Å². The molecule has 40 heavy (non-hydrogen) atoms. The summed E-state index contributed by atoms with van der Waals surface area (Å²) in [4.78, 5) is 47.6. The highest BCUT2D eigenvalue weighted by molar-refractivity contribution is 6.24. The summed E-state index contributed by atoms with van der Waals surface area (Å²) >= 11 is 0. The number of para-hydroxylation sites is 1. The number of hydrogen-bond acceptors (Lipinski definition) is 7. The molecule has 0 N–H and O–H groups in total. The van der Waals surface area contributed by atoms with Crippen LogP contribution in [0.25, 0.3) is 0 Å². The van der Waals surface area contributed by atoms with E-state index < -0.39 is 29.9 Å². The summed E-state index contributed by atoms with van der Waals surface area (Å²) in [5.41, 5.74) is 3.22. The van der Waals surface area contributed by atoms with Crippen LogP contribution in [0.15, 0.2) is 103 Å². The number of aryl methyl sites for hydroxylation is 1. The van der Waals surface area contributed by atoms with Gasteiger partial charge in [-0.3, -0.25) is 14.4 Å². The molecule has 8 heteroatoms. The number of anilines is 2. The van der Waals surface area contributed by atoms with Crippen LogP contribution < -0.4 is 19.4 Å². The number of carbonyl (C=O) groups is 3. The van der Waals surface area contributed by atoms with E-state index in [9.17, 15) is 14.4 Å². The minimum Gasteiger partial charge on any atom is -0.493 e. The van der Waals surface area contributed by atoms with Crippen LogP contribution in [-0.4, -0.2) is 31.0 Å². The number of benzene rings is 4. The molecular formula is C32H26N2O6. The second-order valence-electron chi connectivity index (χ2n) is 9.67. The molecule has 4 aromatic rings. The molecule has 2 fully saturated rings. The number of carbonyl (C=O) groups excluding carboxylic acids is 3. The standard InChI is InChI=1S/C32H26N2O6/c1-20-10-9-15-24(18-20)33-30(35)27-28(34(40-29(27)31(33)36)23-13-7-4-8-14-23)22-16-17-25(26(19-22)38-2)39-32(37)21-11-5-3-6-12-21/h3-19,27-29H,1-2H3/t27-,28-,29-/m1/s1. The first-order valence-corrected chi connectivity index (χ1v) is 12.9.